The third-order valence-electron chi connectivity index (χ3n) is 1.88. The maximum absolute atomic E-state index is 10.6. The number of nitrogens with two attached hydrogens (primary N) is 1. The predicted octanol–water partition coefficient (Wildman–Crippen LogP) is 0.504. The average Bonchev–Trinajstić information content (AvgIpc) is 2.17. The number of hydrogen-bond acceptors (Lipinski definition) is 4. The van der Waals surface area contributed by atoms with Crippen LogP contribution in [-0.2, 0) is 0 Å². The number of aromatic hydroxyl groups is 1. The van der Waals surface area contributed by atoms with Crippen LogP contribution in [0.3, 0.4) is 0 Å². The van der Waals surface area contributed by atoms with Crippen molar-refractivity contribution in [2.24, 2.45) is 5.73 Å². The van der Waals surface area contributed by atoms with E-state index in [1.807, 2.05) is 0 Å². The Bertz CT molecular complexity index is 356. The van der Waals surface area contributed by atoms with Gasteiger partial charge >= 0.3 is 5.97 Å². The van der Waals surface area contributed by atoms with Crippen molar-refractivity contribution in [1.29, 1.82) is 0 Å². The molecule has 1 rings (SSSR count). The van der Waals surface area contributed by atoms with Crippen molar-refractivity contribution in [2.45, 2.75) is 6.04 Å². The fourth-order valence-corrected chi connectivity index (χ4v) is 1.06. The second-order valence-corrected chi connectivity index (χ2v) is 2.87. The smallest absolute Gasteiger partial charge is 0.339 e. The summed E-state index contributed by atoms with van der Waals surface area (Å²) >= 11 is 0. The van der Waals surface area contributed by atoms with Gasteiger partial charge in [-0.3, -0.25) is 0 Å². The van der Waals surface area contributed by atoms with Gasteiger partial charge in [0.2, 0.25) is 0 Å². The summed E-state index contributed by atoms with van der Waals surface area (Å²) in [6.07, 6.45) is 0. The van der Waals surface area contributed by atoms with Gasteiger partial charge in [-0.05, 0) is 17.7 Å². The molecule has 0 fully saturated rings. The maximum Gasteiger partial charge on any atom is 0.339 e. The molecule has 0 amide bonds. The molecule has 0 saturated heterocycles. The summed E-state index contributed by atoms with van der Waals surface area (Å²) in [5, 5.41) is 26.6. The molecule has 0 bridgehead atoms. The van der Waals surface area contributed by atoms with Crippen LogP contribution in [0.5, 0.6) is 5.75 Å². The molecular formula is C9H12ClNO4. The van der Waals surface area contributed by atoms with Gasteiger partial charge in [-0.15, -0.1) is 12.4 Å². The molecule has 0 unspecified atom stereocenters. The lowest BCUT2D eigenvalue weighted by atomic mass is 10.0. The van der Waals surface area contributed by atoms with Crippen molar-refractivity contribution in [3.05, 3.63) is 29.3 Å². The van der Waals surface area contributed by atoms with Gasteiger partial charge in [-0.1, -0.05) is 6.07 Å². The fourth-order valence-electron chi connectivity index (χ4n) is 1.06. The highest BCUT2D eigenvalue weighted by atomic mass is 35.5. The van der Waals surface area contributed by atoms with Crippen molar-refractivity contribution < 1.29 is 20.1 Å². The number of halogens is 1. The SMILES string of the molecule is Cl.N[C@@H](CO)c1ccc(O)c(C(=O)O)c1. The lowest BCUT2D eigenvalue weighted by molar-refractivity contribution is 0.0693. The highest BCUT2D eigenvalue weighted by Crippen LogP contribution is 2.21. The molecule has 0 spiro atoms. The summed E-state index contributed by atoms with van der Waals surface area (Å²) < 4.78 is 0. The third-order valence-corrected chi connectivity index (χ3v) is 1.88. The van der Waals surface area contributed by atoms with Crippen LogP contribution >= 0.6 is 12.4 Å². The molecule has 0 heterocycles. The van der Waals surface area contributed by atoms with Crippen LogP contribution in [0.2, 0.25) is 0 Å². The molecular weight excluding hydrogens is 222 g/mol. The number of carbonyl (C=O) groups is 1. The number of hydrogen-bond donors (Lipinski definition) is 4. The van der Waals surface area contributed by atoms with Crippen molar-refractivity contribution in [3.63, 3.8) is 0 Å². The third kappa shape index (κ3) is 3.09. The molecule has 0 radical (unpaired) electrons. The topological polar surface area (TPSA) is 104 Å². The number of rotatable bonds is 3. The Balaban J connectivity index is 0.00000196. The largest absolute Gasteiger partial charge is 0.507 e. The van der Waals surface area contributed by atoms with E-state index in [1.165, 1.54) is 18.2 Å². The Morgan fingerprint density at radius 2 is 2.07 bits per heavy atom. The van der Waals surface area contributed by atoms with Crippen LogP contribution < -0.4 is 5.73 Å². The molecule has 15 heavy (non-hydrogen) atoms. The first-order valence-corrected chi connectivity index (χ1v) is 3.99. The lowest BCUT2D eigenvalue weighted by Crippen LogP contribution is -2.15. The number of phenols is 1. The van der Waals surface area contributed by atoms with Gasteiger partial charge in [0, 0.05) is 0 Å². The first kappa shape index (κ1) is 13.7. The Hall–Kier alpha value is -1.30. The zero-order valence-corrected chi connectivity index (χ0v) is 8.57. The molecule has 1 aromatic carbocycles. The van der Waals surface area contributed by atoms with Gasteiger partial charge < -0.3 is 21.1 Å². The second-order valence-electron chi connectivity index (χ2n) is 2.87. The maximum atomic E-state index is 10.6. The van der Waals surface area contributed by atoms with Gasteiger partial charge in [0.25, 0.3) is 0 Å². The Labute approximate surface area is 92.6 Å². The predicted molar refractivity (Wildman–Crippen MR) is 56.3 cm³/mol. The van der Waals surface area contributed by atoms with E-state index in [2.05, 4.69) is 0 Å². The van der Waals surface area contributed by atoms with E-state index in [9.17, 15) is 9.90 Å². The van der Waals surface area contributed by atoms with Gasteiger partial charge in [0.15, 0.2) is 0 Å². The average molecular weight is 234 g/mol. The molecule has 5 N–H and O–H groups in total. The number of benzene rings is 1. The molecule has 0 aliphatic heterocycles. The normalized spacial score (nSPS) is 11.6. The molecule has 6 heteroatoms. The van der Waals surface area contributed by atoms with Crippen LogP contribution in [-0.4, -0.2) is 27.9 Å². The molecule has 0 aliphatic rings. The quantitative estimate of drug-likeness (QED) is 0.609. The highest BCUT2D eigenvalue weighted by Gasteiger charge is 2.12. The summed E-state index contributed by atoms with van der Waals surface area (Å²) in [4.78, 5) is 10.6. The zero-order valence-electron chi connectivity index (χ0n) is 7.75. The van der Waals surface area contributed by atoms with E-state index >= 15 is 0 Å². The van der Waals surface area contributed by atoms with Crippen LogP contribution in [0.15, 0.2) is 18.2 Å². The zero-order chi connectivity index (χ0) is 10.7. The minimum Gasteiger partial charge on any atom is -0.507 e. The minimum atomic E-state index is -1.23. The summed E-state index contributed by atoms with van der Waals surface area (Å²) in [5.41, 5.74) is 5.75. The molecule has 0 aliphatic carbocycles. The molecule has 0 saturated carbocycles. The molecule has 1 atom stereocenters. The van der Waals surface area contributed by atoms with E-state index in [4.69, 9.17) is 15.9 Å². The van der Waals surface area contributed by atoms with Crippen molar-refractivity contribution in [3.8, 4) is 5.75 Å². The first-order chi connectivity index (χ1) is 6.56. The van der Waals surface area contributed by atoms with E-state index in [1.54, 1.807) is 0 Å². The van der Waals surface area contributed by atoms with Crippen molar-refractivity contribution >= 4 is 18.4 Å². The Morgan fingerprint density at radius 3 is 2.53 bits per heavy atom. The van der Waals surface area contributed by atoms with Crippen LogP contribution in [0.25, 0.3) is 0 Å². The molecule has 0 aromatic heterocycles. The summed E-state index contributed by atoms with van der Waals surface area (Å²) in [6.45, 7) is -0.274. The van der Waals surface area contributed by atoms with Gasteiger partial charge in [0.1, 0.15) is 11.3 Å². The Morgan fingerprint density at radius 1 is 1.47 bits per heavy atom. The molecule has 84 valence electrons. The summed E-state index contributed by atoms with van der Waals surface area (Å²) in [5.74, 6) is -1.54. The minimum absolute atomic E-state index is 0. The van der Waals surface area contributed by atoms with Crippen molar-refractivity contribution in [1.82, 2.24) is 0 Å². The first-order valence-electron chi connectivity index (χ1n) is 3.99. The number of aliphatic hydroxyl groups is 1. The standard InChI is InChI=1S/C9H11NO4.ClH/c10-7(4-11)5-1-2-8(12)6(3-5)9(13)14;/h1-3,7,11-12H,4,10H2,(H,13,14);1H/t7-;/m0./s1. The Kier molecular flexibility index (Phi) is 5.07. The van der Waals surface area contributed by atoms with E-state index in [0.717, 1.165) is 0 Å². The van der Waals surface area contributed by atoms with Crippen LogP contribution in [0.1, 0.15) is 22.0 Å². The monoisotopic (exact) mass is 233 g/mol. The fraction of sp³-hybridized carbons (Fsp3) is 0.222. The number of aliphatic hydroxyl groups excluding tert-OH is 1. The van der Waals surface area contributed by atoms with Gasteiger partial charge in [-0.2, -0.15) is 0 Å². The molecule has 1 aromatic rings. The van der Waals surface area contributed by atoms with E-state index < -0.39 is 12.0 Å². The number of carboxylic acid groups (broad SMARTS) is 1. The summed E-state index contributed by atoms with van der Waals surface area (Å²) in [7, 11) is 0. The second kappa shape index (κ2) is 5.55. The number of aromatic carboxylic acids is 1. The lowest BCUT2D eigenvalue weighted by Gasteiger charge is -2.09. The van der Waals surface area contributed by atoms with Crippen LogP contribution in [0.4, 0.5) is 0 Å². The van der Waals surface area contributed by atoms with Gasteiger partial charge in [0.05, 0.1) is 12.6 Å². The highest BCUT2D eigenvalue weighted by molar-refractivity contribution is 5.90. The van der Waals surface area contributed by atoms with Gasteiger partial charge in [-0.25, -0.2) is 4.79 Å². The van der Waals surface area contributed by atoms with E-state index in [-0.39, 0.29) is 30.3 Å². The summed E-state index contributed by atoms with van der Waals surface area (Å²) in [6, 6.07) is 3.34. The van der Waals surface area contributed by atoms with Crippen molar-refractivity contribution in [2.75, 3.05) is 6.61 Å². The van der Waals surface area contributed by atoms with Crippen LogP contribution in [0, 0.1) is 0 Å². The number of carboxylic acids is 1. The van der Waals surface area contributed by atoms with E-state index in [0.29, 0.717) is 5.56 Å². The molecule has 5 nitrogen and oxygen atoms in total.